The molecule has 156 valence electrons. The Morgan fingerprint density at radius 1 is 1.37 bits per heavy atom. The quantitative estimate of drug-likeness (QED) is 0.371. The van der Waals surface area contributed by atoms with E-state index in [0.717, 1.165) is 11.8 Å². The molecule has 0 spiro atoms. The van der Waals surface area contributed by atoms with Crippen molar-refractivity contribution < 1.29 is 24.2 Å². The first kappa shape index (κ1) is 22.7. The Morgan fingerprint density at radius 3 is 2.83 bits per heavy atom. The number of nitrogens with zero attached hydrogens (tertiary/aromatic N) is 1. The minimum absolute atomic E-state index is 0.301. The molecule has 2 aromatic carbocycles. The van der Waals surface area contributed by atoms with Crippen molar-refractivity contribution >= 4 is 86.4 Å². The molecule has 2 aromatic rings. The molecule has 1 aliphatic rings. The van der Waals surface area contributed by atoms with E-state index in [9.17, 15) is 9.59 Å². The maximum absolute atomic E-state index is 12.4. The van der Waals surface area contributed by atoms with Gasteiger partial charge in [0.2, 0.25) is 0 Å². The summed E-state index contributed by atoms with van der Waals surface area (Å²) in [6.45, 7) is -0.489. The highest BCUT2D eigenvalue weighted by atomic mass is 127. The summed E-state index contributed by atoms with van der Waals surface area (Å²) in [7, 11) is 1.45. The van der Waals surface area contributed by atoms with E-state index in [1.54, 1.807) is 36.4 Å². The number of benzene rings is 2. The molecule has 0 radical (unpaired) electrons. The molecule has 0 atom stereocenters. The summed E-state index contributed by atoms with van der Waals surface area (Å²) in [4.78, 5) is 27.9. The van der Waals surface area contributed by atoms with E-state index in [2.05, 4.69) is 10.3 Å². The maximum Gasteiger partial charge on any atom is 0.341 e. The number of carbonyl (C=O) groups excluding carboxylic acids is 1. The SMILES string of the molecule is COc1cc(/C=C2\SC(=Nc3cccc(Cl)c3Cl)NC2=O)cc(I)c1OCC(=O)O. The number of aliphatic imine (C=N–C) groups is 1. The molecule has 11 heteroatoms. The predicted octanol–water partition coefficient (Wildman–Crippen LogP) is 4.96. The van der Waals surface area contributed by atoms with Crippen LogP contribution in [0.5, 0.6) is 11.5 Å². The third-order valence-corrected chi connectivity index (χ3v) is 6.21. The first-order chi connectivity index (χ1) is 14.3. The highest BCUT2D eigenvalue weighted by Crippen LogP contribution is 2.37. The third kappa shape index (κ3) is 5.39. The number of aliphatic carboxylic acids is 1. The Kier molecular flexibility index (Phi) is 7.50. The van der Waals surface area contributed by atoms with Gasteiger partial charge in [-0.15, -0.1) is 0 Å². The summed E-state index contributed by atoms with van der Waals surface area (Å²) in [5, 5.41) is 12.5. The Balaban J connectivity index is 1.87. The van der Waals surface area contributed by atoms with Gasteiger partial charge in [0, 0.05) is 0 Å². The zero-order valence-corrected chi connectivity index (χ0v) is 19.7. The van der Waals surface area contributed by atoms with E-state index < -0.39 is 12.6 Å². The van der Waals surface area contributed by atoms with Crippen LogP contribution >= 0.6 is 57.6 Å². The van der Waals surface area contributed by atoms with E-state index in [0.29, 0.717) is 46.4 Å². The fourth-order valence-corrected chi connectivity index (χ4v) is 4.37. The van der Waals surface area contributed by atoms with Crippen LogP contribution in [0, 0.1) is 3.57 Å². The van der Waals surface area contributed by atoms with Gasteiger partial charge in [-0.3, -0.25) is 4.79 Å². The molecule has 0 saturated carbocycles. The van der Waals surface area contributed by atoms with E-state index >= 15 is 0 Å². The number of halogens is 3. The molecule has 1 fully saturated rings. The topological polar surface area (TPSA) is 97.2 Å². The van der Waals surface area contributed by atoms with Crippen molar-refractivity contribution in [3.63, 3.8) is 0 Å². The molecular weight excluding hydrogens is 566 g/mol. The number of hydrogen-bond acceptors (Lipinski definition) is 6. The van der Waals surface area contributed by atoms with Gasteiger partial charge >= 0.3 is 5.97 Å². The van der Waals surface area contributed by atoms with Crippen molar-refractivity contribution in [2.45, 2.75) is 0 Å². The number of methoxy groups -OCH3 is 1. The molecule has 3 rings (SSSR count). The van der Waals surface area contributed by atoms with Crippen LogP contribution in [0.3, 0.4) is 0 Å². The van der Waals surface area contributed by atoms with Crippen molar-refractivity contribution in [3.8, 4) is 11.5 Å². The van der Waals surface area contributed by atoms with Crippen LogP contribution in [0.4, 0.5) is 5.69 Å². The van der Waals surface area contributed by atoms with Crippen LogP contribution in [0.1, 0.15) is 5.56 Å². The van der Waals surface area contributed by atoms with Crippen LogP contribution in [0.2, 0.25) is 10.0 Å². The Bertz CT molecular complexity index is 1090. The van der Waals surface area contributed by atoms with Crippen LogP contribution in [-0.2, 0) is 9.59 Å². The number of thioether (sulfide) groups is 1. The number of rotatable bonds is 6. The van der Waals surface area contributed by atoms with Gasteiger partial charge in [-0.05, 0) is 70.3 Å². The zero-order chi connectivity index (χ0) is 21.8. The second kappa shape index (κ2) is 9.90. The molecule has 0 unspecified atom stereocenters. The third-order valence-electron chi connectivity index (χ3n) is 3.69. The molecule has 7 nitrogen and oxygen atoms in total. The van der Waals surface area contributed by atoms with Gasteiger partial charge < -0.3 is 19.9 Å². The minimum Gasteiger partial charge on any atom is -0.493 e. The maximum atomic E-state index is 12.4. The highest BCUT2D eigenvalue weighted by molar-refractivity contribution is 14.1. The van der Waals surface area contributed by atoms with Gasteiger partial charge in [-0.1, -0.05) is 29.3 Å². The van der Waals surface area contributed by atoms with Gasteiger partial charge in [0.25, 0.3) is 5.91 Å². The van der Waals surface area contributed by atoms with Crippen LogP contribution < -0.4 is 14.8 Å². The number of carboxylic acids is 1. The average molecular weight is 579 g/mol. The number of carbonyl (C=O) groups is 2. The fourth-order valence-electron chi connectivity index (χ4n) is 2.42. The molecule has 1 amide bonds. The largest absolute Gasteiger partial charge is 0.493 e. The molecule has 0 aromatic heterocycles. The lowest BCUT2D eigenvalue weighted by atomic mass is 10.2. The lowest BCUT2D eigenvalue weighted by molar-refractivity contribution is -0.139. The van der Waals surface area contributed by atoms with E-state index in [4.69, 9.17) is 37.8 Å². The van der Waals surface area contributed by atoms with E-state index in [1.807, 2.05) is 22.6 Å². The monoisotopic (exact) mass is 578 g/mol. The van der Waals surface area contributed by atoms with Gasteiger partial charge in [0.05, 0.1) is 31.3 Å². The van der Waals surface area contributed by atoms with Gasteiger partial charge in [0.15, 0.2) is 23.3 Å². The van der Waals surface area contributed by atoms with Crippen molar-refractivity contribution in [2.24, 2.45) is 4.99 Å². The van der Waals surface area contributed by atoms with Gasteiger partial charge in [0.1, 0.15) is 0 Å². The zero-order valence-electron chi connectivity index (χ0n) is 15.2. The first-order valence-electron chi connectivity index (χ1n) is 8.24. The van der Waals surface area contributed by atoms with Crippen molar-refractivity contribution in [3.05, 3.63) is 54.4 Å². The van der Waals surface area contributed by atoms with Crippen molar-refractivity contribution in [1.82, 2.24) is 5.32 Å². The predicted molar refractivity (Wildman–Crippen MR) is 126 cm³/mol. The molecule has 1 saturated heterocycles. The summed E-state index contributed by atoms with van der Waals surface area (Å²) in [6.07, 6.45) is 1.67. The highest BCUT2D eigenvalue weighted by Gasteiger charge is 2.24. The number of amides is 1. The van der Waals surface area contributed by atoms with Crippen molar-refractivity contribution in [1.29, 1.82) is 0 Å². The number of carboxylic acid groups (broad SMARTS) is 1. The lowest BCUT2D eigenvalue weighted by Gasteiger charge is -2.12. The number of nitrogens with one attached hydrogen (secondary N) is 1. The van der Waals surface area contributed by atoms with Crippen LogP contribution in [-0.4, -0.2) is 35.9 Å². The van der Waals surface area contributed by atoms with Crippen molar-refractivity contribution in [2.75, 3.05) is 13.7 Å². The van der Waals surface area contributed by atoms with Crippen LogP contribution in [0.15, 0.2) is 40.2 Å². The Labute approximate surface area is 199 Å². The second-order valence-corrected chi connectivity index (χ2v) is 8.75. The number of ether oxygens (including phenoxy) is 2. The summed E-state index contributed by atoms with van der Waals surface area (Å²) in [5.74, 6) is -0.719. The van der Waals surface area contributed by atoms with Gasteiger partial charge in [-0.25, -0.2) is 9.79 Å². The van der Waals surface area contributed by atoms with E-state index in [-0.39, 0.29) is 5.91 Å². The molecular formula is C19H13Cl2IN2O5S. The number of hydrogen-bond donors (Lipinski definition) is 2. The molecule has 2 N–H and O–H groups in total. The Hall–Kier alpha value is -1.95. The minimum atomic E-state index is -1.09. The summed E-state index contributed by atoms with van der Waals surface area (Å²) >= 11 is 15.3. The van der Waals surface area contributed by atoms with Crippen LogP contribution in [0.25, 0.3) is 6.08 Å². The normalized spacial score (nSPS) is 16.1. The Morgan fingerprint density at radius 2 is 2.13 bits per heavy atom. The molecule has 0 bridgehead atoms. The summed E-state index contributed by atoms with van der Waals surface area (Å²) in [6, 6.07) is 8.47. The molecule has 0 aliphatic carbocycles. The first-order valence-corrected chi connectivity index (χ1v) is 10.9. The molecule has 30 heavy (non-hydrogen) atoms. The average Bonchev–Trinajstić information content (AvgIpc) is 3.03. The number of amidine groups is 1. The van der Waals surface area contributed by atoms with E-state index in [1.165, 1.54) is 7.11 Å². The summed E-state index contributed by atoms with van der Waals surface area (Å²) in [5.41, 5.74) is 1.13. The standard InChI is InChI=1S/C19H13Cl2IN2O5S/c1-28-13-6-9(5-11(22)17(13)29-8-15(25)26)7-14-18(27)24-19(30-14)23-12-4-2-3-10(20)16(12)21/h2-7H,8H2,1H3,(H,25,26)(H,23,24,27)/b14-7-. The molecule has 1 heterocycles. The smallest absolute Gasteiger partial charge is 0.341 e. The van der Waals surface area contributed by atoms with Gasteiger partial charge in [-0.2, -0.15) is 0 Å². The lowest BCUT2D eigenvalue weighted by Crippen LogP contribution is -2.19. The summed E-state index contributed by atoms with van der Waals surface area (Å²) < 4.78 is 11.2. The fraction of sp³-hybridized carbons (Fsp3) is 0.105. The molecule has 1 aliphatic heterocycles. The second-order valence-electron chi connectivity index (χ2n) is 5.77.